The molecule has 1 aromatic heterocycles. The van der Waals surface area contributed by atoms with Gasteiger partial charge in [0.25, 0.3) is 15.9 Å². The number of aryl methyl sites for hydroxylation is 2. The number of rotatable bonds is 7. The van der Waals surface area contributed by atoms with Crippen molar-refractivity contribution in [2.75, 3.05) is 4.72 Å². The van der Waals surface area contributed by atoms with E-state index >= 15 is 0 Å². The average Bonchev–Trinajstić information content (AvgIpc) is 3.55. The van der Waals surface area contributed by atoms with Crippen LogP contribution in [0, 0.1) is 13.8 Å². The van der Waals surface area contributed by atoms with Crippen molar-refractivity contribution in [1.29, 1.82) is 0 Å². The molecule has 160 valence electrons. The first-order valence-corrected chi connectivity index (χ1v) is 11.4. The highest BCUT2D eigenvalue weighted by atomic mass is 32.2. The van der Waals surface area contributed by atoms with Crippen molar-refractivity contribution in [2.24, 2.45) is 0 Å². The number of nitrogens with one attached hydrogen (secondary N) is 2. The maximum absolute atomic E-state index is 12.7. The van der Waals surface area contributed by atoms with E-state index in [-0.39, 0.29) is 10.8 Å². The Kier molecular flexibility index (Phi) is 5.65. The van der Waals surface area contributed by atoms with Crippen LogP contribution in [-0.4, -0.2) is 25.4 Å². The Morgan fingerprint density at radius 3 is 2.42 bits per heavy atom. The number of carbonyl (C=O) groups excluding carboxylic acids is 1. The normalized spacial score (nSPS) is 13.5. The SMILES string of the molecule is Cc1ccc(C)c(S(=O)(=O)Nc2ccc(Oc3ccc(C(=O)NC4CC4)cc3)nc2)c1. The Bertz CT molecular complexity index is 1200. The van der Waals surface area contributed by atoms with Gasteiger partial charge in [0.15, 0.2) is 0 Å². The minimum absolute atomic E-state index is 0.0901. The van der Waals surface area contributed by atoms with Crippen LogP contribution in [0.15, 0.2) is 65.7 Å². The molecule has 1 aliphatic carbocycles. The highest BCUT2D eigenvalue weighted by molar-refractivity contribution is 7.92. The van der Waals surface area contributed by atoms with Crippen molar-refractivity contribution in [3.8, 4) is 11.6 Å². The van der Waals surface area contributed by atoms with Gasteiger partial charge in [-0.2, -0.15) is 0 Å². The lowest BCUT2D eigenvalue weighted by atomic mass is 10.2. The summed E-state index contributed by atoms with van der Waals surface area (Å²) in [6.07, 6.45) is 3.47. The standard InChI is InChI=1S/C23H23N3O4S/c1-15-3-4-16(2)21(13-15)31(28,29)26-19-9-12-22(24-14-19)30-20-10-5-17(6-11-20)23(27)25-18-7-8-18/h3-6,9-14,18,26H,7-8H2,1-2H3,(H,25,27). The molecule has 0 spiro atoms. The zero-order valence-electron chi connectivity index (χ0n) is 17.3. The zero-order chi connectivity index (χ0) is 22.0. The smallest absolute Gasteiger partial charge is 0.262 e. The van der Waals surface area contributed by atoms with Crippen LogP contribution in [0.3, 0.4) is 0 Å². The van der Waals surface area contributed by atoms with Gasteiger partial charge in [-0.3, -0.25) is 9.52 Å². The zero-order valence-corrected chi connectivity index (χ0v) is 18.1. The fourth-order valence-electron chi connectivity index (χ4n) is 3.00. The highest BCUT2D eigenvalue weighted by Gasteiger charge is 2.23. The van der Waals surface area contributed by atoms with Crippen molar-refractivity contribution >= 4 is 21.6 Å². The molecule has 0 radical (unpaired) electrons. The average molecular weight is 438 g/mol. The molecule has 8 heteroatoms. The number of carbonyl (C=O) groups is 1. The van der Waals surface area contributed by atoms with Crippen LogP contribution in [0.1, 0.15) is 34.3 Å². The Labute approximate surface area is 181 Å². The molecule has 0 atom stereocenters. The van der Waals surface area contributed by atoms with Crippen molar-refractivity contribution in [3.63, 3.8) is 0 Å². The fourth-order valence-corrected chi connectivity index (χ4v) is 4.37. The summed E-state index contributed by atoms with van der Waals surface area (Å²) in [5.41, 5.74) is 2.44. The van der Waals surface area contributed by atoms with Gasteiger partial charge in [-0.25, -0.2) is 13.4 Å². The summed E-state index contributed by atoms with van der Waals surface area (Å²) in [4.78, 5) is 16.4. The molecule has 1 heterocycles. The molecule has 4 rings (SSSR count). The number of anilines is 1. The summed E-state index contributed by atoms with van der Waals surface area (Å²) in [6, 6.07) is 15.5. The summed E-state index contributed by atoms with van der Waals surface area (Å²) >= 11 is 0. The first kappa shape index (κ1) is 20.9. The number of hydrogen-bond acceptors (Lipinski definition) is 5. The Morgan fingerprint density at radius 1 is 1.03 bits per heavy atom. The van der Waals surface area contributed by atoms with Gasteiger partial charge in [-0.15, -0.1) is 0 Å². The number of sulfonamides is 1. The first-order valence-electron chi connectivity index (χ1n) is 9.95. The van der Waals surface area contributed by atoms with Crippen LogP contribution < -0.4 is 14.8 Å². The lowest BCUT2D eigenvalue weighted by Gasteiger charge is -2.11. The molecule has 1 saturated carbocycles. The van der Waals surface area contributed by atoms with E-state index in [4.69, 9.17) is 4.74 Å². The van der Waals surface area contributed by atoms with Gasteiger partial charge in [-0.05, 0) is 74.2 Å². The predicted octanol–water partition coefficient (Wildman–Crippen LogP) is 4.18. The number of amides is 1. The molecule has 7 nitrogen and oxygen atoms in total. The maximum Gasteiger partial charge on any atom is 0.262 e. The van der Waals surface area contributed by atoms with E-state index in [0.717, 1.165) is 18.4 Å². The number of aromatic nitrogens is 1. The van der Waals surface area contributed by atoms with Crippen molar-refractivity contribution in [2.45, 2.75) is 37.6 Å². The molecule has 0 unspecified atom stereocenters. The molecule has 2 aromatic carbocycles. The van der Waals surface area contributed by atoms with E-state index in [1.807, 2.05) is 13.0 Å². The van der Waals surface area contributed by atoms with Gasteiger partial charge >= 0.3 is 0 Å². The van der Waals surface area contributed by atoms with Gasteiger partial charge in [-0.1, -0.05) is 12.1 Å². The Balaban J connectivity index is 1.41. The fraction of sp³-hybridized carbons (Fsp3) is 0.217. The third kappa shape index (κ3) is 5.21. The van der Waals surface area contributed by atoms with Crippen LogP contribution in [0.4, 0.5) is 5.69 Å². The molecule has 1 aliphatic rings. The number of hydrogen-bond donors (Lipinski definition) is 2. The third-order valence-electron chi connectivity index (χ3n) is 4.87. The summed E-state index contributed by atoms with van der Waals surface area (Å²) < 4.78 is 33.6. The number of benzene rings is 2. The van der Waals surface area contributed by atoms with Crippen LogP contribution in [0.2, 0.25) is 0 Å². The maximum atomic E-state index is 12.7. The topological polar surface area (TPSA) is 97.4 Å². The molecular formula is C23H23N3O4S. The lowest BCUT2D eigenvalue weighted by molar-refractivity contribution is 0.0951. The molecule has 3 aromatic rings. The van der Waals surface area contributed by atoms with E-state index in [0.29, 0.717) is 34.5 Å². The lowest BCUT2D eigenvalue weighted by Crippen LogP contribution is -2.25. The van der Waals surface area contributed by atoms with Gasteiger partial charge < -0.3 is 10.1 Å². The van der Waals surface area contributed by atoms with E-state index in [1.165, 1.54) is 6.20 Å². The van der Waals surface area contributed by atoms with Gasteiger partial charge in [0.1, 0.15) is 5.75 Å². The molecule has 31 heavy (non-hydrogen) atoms. The van der Waals surface area contributed by atoms with Gasteiger partial charge in [0, 0.05) is 17.7 Å². The molecule has 0 aliphatic heterocycles. The number of pyridine rings is 1. The molecule has 1 fully saturated rings. The summed E-state index contributed by atoms with van der Waals surface area (Å²) in [5, 5.41) is 2.93. The summed E-state index contributed by atoms with van der Waals surface area (Å²) in [6.45, 7) is 3.60. The van der Waals surface area contributed by atoms with Crippen molar-refractivity contribution in [1.82, 2.24) is 10.3 Å². The Hall–Kier alpha value is -3.39. The van der Waals surface area contributed by atoms with E-state index in [9.17, 15) is 13.2 Å². The van der Waals surface area contributed by atoms with E-state index < -0.39 is 10.0 Å². The highest BCUT2D eigenvalue weighted by Crippen LogP contribution is 2.24. The van der Waals surface area contributed by atoms with Crippen molar-refractivity contribution in [3.05, 3.63) is 77.5 Å². The van der Waals surface area contributed by atoms with Crippen molar-refractivity contribution < 1.29 is 17.9 Å². The molecule has 2 N–H and O–H groups in total. The van der Waals surface area contributed by atoms with Gasteiger partial charge in [0.05, 0.1) is 16.8 Å². The monoisotopic (exact) mass is 437 g/mol. The Morgan fingerprint density at radius 2 is 1.77 bits per heavy atom. The van der Waals surface area contributed by atoms with Crippen LogP contribution in [0.25, 0.3) is 0 Å². The van der Waals surface area contributed by atoms with E-state index in [2.05, 4.69) is 15.0 Å². The minimum Gasteiger partial charge on any atom is -0.439 e. The van der Waals surface area contributed by atoms with Gasteiger partial charge in [0.2, 0.25) is 5.88 Å². The molecule has 1 amide bonds. The van der Waals surface area contributed by atoms with Crippen LogP contribution in [-0.2, 0) is 10.0 Å². The number of ether oxygens (including phenoxy) is 1. The first-order chi connectivity index (χ1) is 14.8. The second-order valence-electron chi connectivity index (χ2n) is 7.63. The van der Waals surface area contributed by atoms with Crippen LogP contribution >= 0.6 is 0 Å². The summed E-state index contributed by atoms with van der Waals surface area (Å²) in [5.74, 6) is 0.747. The van der Waals surface area contributed by atoms with E-state index in [1.54, 1.807) is 55.5 Å². The minimum atomic E-state index is -3.72. The quantitative estimate of drug-likeness (QED) is 0.578. The molecule has 0 bridgehead atoms. The largest absolute Gasteiger partial charge is 0.439 e. The number of nitrogens with zero attached hydrogens (tertiary/aromatic N) is 1. The summed E-state index contributed by atoms with van der Waals surface area (Å²) in [7, 11) is -3.72. The predicted molar refractivity (Wildman–Crippen MR) is 118 cm³/mol. The second kappa shape index (κ2) is 8.39. The second-order valence-corrected chi connectivity index (χ2v) is 9.28. The molecule has 0 saturated heterocycles. The molecular weight excluding hydrogens is 414 g/mol. The van der Waals surface area contributed by atoms with Crippen LogP contribution in [0.5, 0.6) is 11.6 Å². The third-order valence-corrected chi connectivity index (χ3v) is 6.40.